The SMILES string of the molecule is CCC(C(C)C)N1C(=O)NC(=O)C1=O. The third kappa shape index (κ3) is 1.62. The maximum atomic E-state index is 11.3. The molecule has 0 aliphatic carbocycles. The monoisotopic (exact) mass is 198 g/mol. The smallest absolute Gasteiger partial charge is 0.269 e. The van der Waals surface area contributed by atoms with Crippen molar-refractivity contribution in [2.24, 2.45) is 5.92 Å². The number of nitrogens with one attached hydrogen (secondary N) is 1. The first-order chi connectivity index (χ1) is 6.49. The first-order valence-corrected chi connectivity index (χ1v) is 4.67. The van der Waals surface area contributed by atoms with Gasteiger partial charge in [0.15, 0.2) is 0 Å². The summed E-state index contributed by atoms with van der Waals surface area (Å²) in [6, 6.07) is -0.797. The van der Waals surface area contributed by atoms with Crippen LogP contribution in [-0.4, -0.2) is 28.8 Å². The van der Waals surface area contributed by atoms with Gasteiger partial charge in [-0.1, -0.05) is 20.8 Å². The van der Waals surface area contributed by atoms with E-state index < -0.39 is 17.8 Å². The lowest BCUT2D eigenvalue weighted by atomic mass is 10.0. The zero-order valence-electron chi connectivity index (χ0n) is 8.53. The zero-order valence-corrected chi connectivity index (χ0v) is 8.53. The first kappa shape index (κ1) is 10.7. The molecular weight excluding hydrogens is 184 g/mol. The second-order valence-corrected chi connectivity index (χ2v) is 3.65. The average Bonchev–Trinajstić information content (AvgIpc) is 2.32. The number of imide groups is 2. The summed E-state index contributed by atoms with van der Waals surface area (Å²) in [5, 5.41) is 1.98. The third-order valence-electron chi connectivity index (χ3n) is 2.37. The van der Waals surface area contributed by atoms with E-state index in [4.69, 9.17) is 0 Å². The van der Waals surface area contributed by atoms with Crippen LogP contribution in [0.4, 0.5) is 4.79 Å². The average molecular weight is 198 g/mol. The van der Waals surface area contributed by atoms with Crippen molar-refractivity contribution < 1.29 is 14.4 Å². The van der Waals surface area contributed by atoms with Crippen molar-refractivity contribution in [1.29, 1.82) is 0 Å². The minimum Gasteiger partial charge on any atom is -0.269 e. The van der Waals surface area contributed by atoms with Gasteiger partial charge in [0.1, 0.15) is 0 Å². The fourth-order valence-electron chi connectivity index (χ4n) is 1.67. The molecule has 0 aromatic rings. The Morgan fingerprint density at radius 2 is 1.86 bits per heavy atom. The van der Waals surface area contributed by atoms with Crippen LogP contribution in [0.3, 0.4) is 0 Å². The molecule has 5 heteroatoms. The van der Waals surface area contributed by atoms with Gasteiger partial charge in [0, 0.05) is 6.04 Å². The molecule has 1 saturated heterocycles. The van der Waals surface area contributed by atoms with Gasteiger partial charge in [-0.25, -0.2) is 4.79 Å². The minimum absolute atomic E-state index is 0.153. The Morgan fingerprint density at radius 3 is 2.14 bits per heavy atom. The molecule has 0 spiro atoms. The molecule has 1 atom stereocenters. The summed E-state index contributed by atoms with van der Waals surface area (Å²) >= 11 is 0. The zero-order chi connectivity index (χ0) is 10.9. The lowest BCUT2D eigenvalue weighted by Gasteiger charge is -2.26. The van der Waals surface area contributed by atoms with Crippen molar-refractivity contribution in [3.8, 4) is 0 Å². The van der Waals surface area contributed by atoms with E-state index in [0.717, 1.165) is 4.90 Å². The summed E-state index contributed by atoms with van der Waals surface area (Å²) in [4.78, 5) is 34.5. The van der Waals surface area contributed by atoms with E-state index in [1.807, 2.05) is 26.1 Å². The number of hydrogen-bond acceptors (Lipinski definition) is 3. The Labute approximate surface area is 82.4 Å². The number of urea groups is 1. The predicted octanol–water partition coefficient (Wildman–Crippen LogP) is 0.499. The molecule has 78 valence electrons. The maximum Gasteiger partial charge on any atom is 0.331 e. The van der Waals surface area contributed by atoms with Crippen LogP contribution in [0.5, 0.6) is 0 Å². The van der Waals surface area contributed by atoms with Crippen LogP contribution in [0.1, 0.15) is 27.2 Å². The summed E-state index contributed by atoms with van der Waals surface area (Å²) in [7, 11) is 0. The molecule has 0 bridgehead atoms. The largest absolute Gasteiger partial charge is 0.331 e. The van der Waals surface area contributed by atoms with Gasteiger partial charge in [-0.3, -0.25) is 19.8 Å². The summed E-state index contributed by atoms with van der Waals surface area (Å²) in [5.41, 5.74) is 0. The molecule has 4 amide bonds. The number of hydrogen-bond donors (Lipinski definition) is 1. The van der Waals surface area contributed by atoms with Crippen LogP contribution in [-0.2, 0) is 9.59 Å². The number of amides is 4. The van der Waals surface area contributed by atoms with Crippen molar-refractivity contribution in [2.75, 3.05) is 0 Å². The molecule has 0 aromatic carbocycles. The highest BCUT2D eigenvalue weighted by Crippen LogP contribution is 2.17. The van der Waals surface area contributed by atoms with Crippen LogP contribution in [0.25, 0.3) is 0 Å². The lowest BCUT2D eigenvalue weighted by Crippen LogP contribution is -2.43. The highest BCUT2D eigenvalue weighted by atomic mass is 16.2. The van der Waals surface area contributed by atoms with Crippen LogP contribution >= 0.6 is 0 Å². The van der Waals surface area contributed by atoms with Crippen molar-refractivity contribution >= 4 is 17.8 Å². The van der Waals surface area contributed by atoms with Crippen LogP contribution in [0.2, 0.25) is 0 Å². The Bertz CT molecular complexity index is 286. The molecule has 1 aliphatic heterocycles. The van der Waals surface area contributed by atoms with Gasteiger partial charge >= 0.3 is 17.8 Å². The highest BCUT2D eigenvalue weighted by Gasteiger charge is 2.41. The number of rotatable bonds is 3. The second kappa shape index (κ2) is 3.77. The van der Waals surface area contributed by atoms with Gasteiger partial charge in [-0.05, 0) is 12.3 Å². The van der Waals surface area contributed by atoms with E-state index in [-0.39, 0.29) is 12.0 Å². The fourth-order valence-corrected chi connectivity index (χ4v) is 1.67. The third-order valence-corrected chi connectivity index (χ3v) is 2.37. The summed E-state index contributed by atoms with van der Waals surface area (Å²) < 4.78 is 0. The first-order valence-electron chi connectivity index (χ1n) is 4.67. The van der Waals surface area contributed by atoms with Crippen molar-refractivity contribution in [1.82, 2.24) is 10.2 Å². The predicted molar refractivity (Wildman–Crippen MR) is 49.3 cm³/mol. The van der Waals surface area contributed by atoms with E-state index in [1.54, 1.807) is 0 Å². The molecule has 5 nitrogen and oxygen atoms in total. The minimum atomic E-state index is -0.825. The summed E-state index contributed by atoms with van der Waals surface area (Å²) in [6.45, 7) is 5.71. The normalized spacial score (nSPS) is 19.1. The topological polar surface area (TPSA) is 66.5 Å². The molecule has 1 unspecified atom stereocenters. The van der Waals surface area contributed by atoms with E-state index in [9.17, 15) is 14.4 Å². The van der Waals surface area contributed by atoms with E-state index in [0.29, 0.717) is 6.42 Å². The van der Waals surface area contributed by atoms with Gasteiger partial charge < -0.3 is 0 Å². The van der Waals surface area contributed by atoms with E-state index >= 15 is 0 Å². The van der Waals surface area contributed by atoms with Crippen molar-refractivity contribution in [3.05, 3.63) is 0 Å². The van der Waals surface area contributed by atoms with Gasteiger partial charge in [-0.15, -0.1) is 0 Å². The van der Waals surface area contributed by atoms with Gasteiger partial charge in [0.05, 0.1) is 0 Å². The van der Waals surface area contributed by atoms with Gasteiger partial charge in [0.2, 0.25) is 0 Å². The maximum absolute atomic E-state index is 11.3. The Balaban J connectivity index is 2.90. The fraction of sp³-hybridized carbons (Fsp3) is 0.667. The Morgan fingerprint density at radius 1 is 1.29 bits per heavy atom. The molecule has 1 aliphatic rings. The Kier molecular flexibility index (Phi) is 2.88. The molecule has 14 heavy (non-hydrogen) atoms. The standard InChI is InChI=1S/C9H14N2O3/c1-4-6(5(2)3)11-8(13)7(12)10-9(11)14/h5-6H,4H2,1-3H3,(H,10,12,14). The van der Waals surface area contributed by atoms with Crippen LogP contribution in [0, 0.1) is 5.92 Å². The number of carbonyl (C=O) groups is 3. The molecule has 0 aromatic heterocycles. The molecule has 1 fully saturated rings. The number of nitrogens with zero attached hydrogens (tertiary/aromatic N) is 1. The van der Waals surface area contributed by atoms with E-state index in [2.05, 4.69) is 0 Å². The highest BCUT2D eigenvalue weighted by molar-refractivity contribution is 6.44. The van der Waals surface area contributed by atoms with Crippen molar-refractivity contribution in [2.45, 2.75) is 33.2 Å². The Hall–Kier alpha value is -1.39. The van der Waals surface area contributed by atoms with Crippen molar-refractivity contribution in [3.63, 3.8) is 0 Å². The molecule has 0 radical (unpaired) electrons. The van der Waals surface area contributed by atoms with E-state index in [1.165, 1.54) is 0 Å². The van der Waals surface area contributed by atoms with Gasteiger partial charge in [0.25, 0.3) is 0 Å². The molecule has 1 rings (SSSR count). The molecular formula is C9H14N2O3. The quantitative estimate of drug-likeness (QED) is 0.530. The molecule has 1 heterocycles. The number of carbonyl (C=O) groups excluding carboxylic acids is 3. The van der Waals surface area contributed by atoms with Crippen LogP contribution in [0.15, 0.2) is 0 Å². The lowest BCUT2D eigenvalue weighted by molar-refractivity contribution is -0.141. The van der Waals surface area contributed by atoms with Crippen LogP contribution < -0.4 is 5.32 Å². The summed E-state index contributed by atoms with van der Waals surface area (Å²) in [5.74, 6) is -1.41. The molecule has 1 N–H and O–H groups in total. The molecule has 0 saturated carbocycles. The summed E-state index contributed by atoms with van der Waals surface area (Å²) in [6.07, 6.45) is 0.657. The second-order valence-electron chi connectivity index (χ2n) is 3.65. The van der Waals surface area contributed by atoms with Gasteiger partial charge in [-0.2, -0.15) is 0 Å².